The fraction of sp³-hybridized carbons (Fsp3) is 0.217. The molecule has 0 N–H and O–H groups in total. The Morgan fingerprint density at radius 1 is 0.769 bits per heavy atom. The first-order valence-corrected chi connectivity index (χ1v) is 8.86. The Morgan fingerprint density at radius 3 is 2.12 bits per heavy atom. The zero-order chi connectivity index (χ0) is 18.5. The molecular formula is C23H25N3. The Kier molecular flexibility index (Phi) is 5.47. The molecule has 0 spiro atoms. The molecule has 3 heteroatoms. The molecule has 0 atom stereocenters. The first-order valence-electron chi connectivity index (χ1n) is 8.86. The molecule has 0 aliphatic rings. The van der Waals surface area contributed by atoms with Gasteiger partial charge in [-0.05, 0) is 72.9 Å². The Hall–Kier alpha value is -2.94. The number of nitrogens with zero attached hydrogens (tertiary/aromatic N) is 3. The van der Waals surface area contributed by atoms with E-state index in [4.69, 9.17) is 0 Å². The van der Waals surface area contributed by atoms with Crippen LogP contribution in [0.25, 0.3) is 0 Å². The van der Waals surface area contributed by atoms with Crippen LogP contribution in [0.2, 0.25) is 0 Å². The number of hydrogen-bond acceptors (Lipinski definition) is 3. The summed E-state index contributed by atoms with van der Waals surface area (Å²) in [7, 11) is 4.12. The van der Waals surface area contributed by atoms with E-state index in [-0.39, 0.29) is 0 Å². The van der Waals surface area contributed by atoms with Crippen LogP contribution in [0.4, 0.5) is 17.1 Å². The van der Waals surface area contributed by atoms with Gasteiger partial charge in [0.05, 0.1) is 11.4 Å². The summed E-state index contributed by atoms with van der Waals surface area (Å²) in [6.45, 7) is 4.24. The van der Waals surface area contributed by atoms with Gasteiger partial charge in [-0.15, -0.1) is 0 Å². The van der Waals surface area contributed by atoms with Crippen LogP contribution < -0.4 is 4.90 Å². The van der Waals surface area contributed by atoms with E-state index in [0.717, 1.165) is 23.4 Å². The molecule has 0 aromatic heterocycles. The summed E-state index contributed by atoms with van der Waals surface area (Å²) in [6.07, 6.45) is 0.927. The Labute approximate surface area is 156 Å². The van der Waals surface area contributed by atoms with Gasteiger partial charge >= 0.3 is 0 Å². The minimum Gasteiger partial charge on any atom is -0.378 e. The quantitative estimate of drug-likeness (QED) is 0.494. The lowest BCUT2D eigenvalue weighted by Gasteiger charge is -2.13. The molecular weight excluding hydrogens is 318 g/mol. The summed E-state index contributed by atoms with van der Waals surface area (Å²) < 4.78 is 0. The van der Waals surface area contributed by atoms with Crippen molar-refractivity contribution >= 4 is 17.1 Å². The maximum absolute atomic E-state index is 4.44. The van der Waals surface area contributed by atoms with Gasteiger partial charge in [-0.25, -0.2) is 0 Å². The summed E-state index contributed by atoms with van der Waals surface area (Å²) in [6, 6.07) is 22.9. The molecule has 3 nitrogen and oxygen atoms in total. The summed E-state index contributed by atoms with van der Waals surface area (Å²) >= 11 is 0. The zero-order valence-corrected chi connectivity index (χ0v) is 15.9. The Balaban J connectivity index is 1.79. The van der Waals surface area contributed by atoms with Crippen LogP contribution >= 0.6 is 0 Å². The van der Waals surface area contributed by atoms with Crippen molar-refractivity contribution in [3.05, 3.63) is 89.0 Å². The van der Waals surface area contributed by atoms with Crippen LogP contribution in [-0.2, 0) is 6.42 Å². The number of rotatable bonds is 5. The van der Waals surface area contributed by atoms with Gasteiger partial charge in [0.25, 0.3) is 0 Å². The lowest BCUT2D eigenvalue weighted by atomic mass is 9.97. The molecule has 0 unspecified atom stereocenters. The fourth-order valence-electron chi connectivity index (χ4n) is 2.90. The van der Waals surface area contributed by atoms with Crippen LogP contribution in [0.3, 0.4) is 0 Å². The average molecular weight is 343 g/mol. The molecule has 0 saturated heterocycles. The molecule has 0 aliphatic heterocycles. The molecule has 0 saturated carbocycles. The lowest BCUT2D eigenvalue weighted by Crippen LogP contribution is -2.08. The summed E-state index contributed by atoms with van der Waals surface area (Å²) in [5.74, 6) is 0. The van der Waals surface area contributed by atoms with Crippen LogP contribution in [-0.4, -0.2) is 14.1 Å². The van der Waals surface area contributed by atoms with E-state index in [1.807, 2.05) is 30.3 Å². The summed E-state index contributed by atoms with van der Waals surface area (Å²) in [5.41, 5.74) is 8.06. The molecule has 0 radical (unpaired) electrons. The maximum atomic E-state index is 4.44. The van der Waals surface area contributed by atoms with E-state index < -0.39 is 0 Å². The molecule has 3 aromatic rings. The van der Waals surface area contributed by atoms with Gasteiger partial charge < -0.3 is 4.90 Å². The largest absolute Gasteiger partial charge is 0.378 e. The number of azo groups is 1. The SMILES string of the molecule is Cc1cc(N=Nc2ccccc2)c(C)cc1Cc1ccc(N(C)C)cc1. The van der Waals surface area contributed by atoms with Crippen LogP contribution in [0, 0.1) is 13.8 Å². The molecule has 0 amide bonds. The normalized spacial score (nSPS) is 11.1. The van der Waals surface area contributed by atoms with E-state index in [0.29, 0.717) is 0 Å². The second-order valence-electron chi connectivity index (χ2n) is 6.84. The minimum absolute atomic E-state index is 0.870. The van der Waals surface area contributed by atoms with E-state index >= 15 is 0 Å². The Bertz CT molecular complexity index is 895. The van der Waals surface area contributed by atoms with Gasteiger partial charge in [-0.1, -0.05) is 36.4 Å². The van der Waals surface area contributed by atoms with E-state index in [1.165, 1.54) is 22.4 Å². The fourth-order valence-corrected chi connectivity index (χ4v) is 2.90. The highest BCUT2D eigenvalue weighted by atomic mass is 15.1. The average Bonchev–Trinajstić information content (AvgIpc) is 2.64. The van der Waals surface area contributed by atoms with Gasteiger partial charge in [0, 0.05) is 19.8 Å². The highest BCUT2D eigenvalue weighted by molar-refractivity contribution is 5.53. The van der Waals surface area contributed by atoms with Crippen molar-refractivity contribution in [2.45, 2.75) is 20.3 Å². The van der Waals surface area contributed by atoms with Gasteiger partial charge in [0.1, 0.15) is 0 Å². The predicted octanol–water partition coefficient (Wildman–Crippen LogP) is 6.38. The second kappa shape index (κ2) is 7.96. The monoisotopic (exact) mass is 343 g/mol. The third kappa shape index (κ3) is 4.37. The topological polar surface area (TPSA) is 28.0 Å². The van der Waals surface area contributed by atoms with Crippen LogP contribution in [0.15, 0.2) is 77.0 Å². The second-order valence-corrected chi connectivity index (χ2v) is 6.84. The first-order chi connectivity index (χ1) is 12.5. The zero-order valence-electron chi connectivity index (χ0n) is 15.9. The number of anilines is 1. The molecule has 0 heterocycles. The minimum atomic E-state index is 0.870. The van der Waals surface area contributed by atoms with Crippen molar-refractivity contribution in [1.82, 2.24) is 0 Å². The van der Waals surface area contributed by atoms with Crippen molar-refractivity contribution in [3.63, 3.8) is 0 Å². The van der Waals surface area contributed by atoms with Crippen molar-refractivity contribution in [3.8, 4) is 0 Å². The lowest BCUT2D eigenvalue weighted by molar-refractivity contribution is 1.11. The molecule has 0 bridgehead atoms. The summed E-state index contributed by atoms with van der Waals surface area (Å²) in [4.78, 5) is 2.12. The molecule has 132 valence electrons. The van der Waals surface area contributed by atoms with E-state index in [2.05, 4.69) is 79.5 Å². The highest BCUT2D eigenvalue weighted by Gasteiger charge is 2.06. The van der Waals surface area contributed by atoms with E-state index in [1.54, 1.807) is 0 Å². The molecule has 0 aliphatic carbocycles. The van der Waals surface area contributed by atoms with Crippen molar-refractivity contribution in [2.24, 2.45) is 10.2 Å². The van der Waals surface area contributed by atoms with Gasteiger partial charge in [0.2, 0.25) is 0 Å². The number of aryl methyl sites for hydroxylation is 2. The molecule has 0 fully saturated rings. The van der Waals surface area contributed by atoms with Crippen molar-refractivity contribution in [2.75, 3.05) is 19.0 Å². The summed E-state index contributed by atoms with van der Waals surface area (Å²) in [5, 5.41) is 8.77. The van der Waals surface area contributed by atoms with Crippen molar-refractivity contribution in [1.29, 1.82) is 0 Å². The van der Waals surface area contributed by atoms with Crippen molar-refractivity contribution < 1.29 is 0 Å². The smallest absolute Gasteiger partial charge is 0.0889 e. The van der Waals surface area contributed by atoms with Gasteiger partial charge in [-0.3, -0.25) is 0 Å². The standard InChI is InChI=1S/C23H25N3/c1-17-15-23(25-24-21-8-6-5-7-9-21)18(2)14-20(17)16-19-10-12-22(13-11-19)26(3)4/h5-15H,16H2,1-4H3. The highest BCUT2D eigenvalue weighted by Crippen LogP contribution is 2.27. The van der Waals surface area contributed by atoms with Crippen LogP contribution in [0.1, 0.15) is 22.3 Å². The first kappa shape index (κ1) is 17.9. The number of hydrogen-bond donors (Lipinski definition) is 0. The van der Waals surface area contributed by atoms with Gasteiger partial charge in [-0.2, -0.15) is 10.2 Å². The van der Waals surface area contributed by atoms with Gasteiger partial charge in [0.15, 0.2) is 0 Å². The number of benzene rings is 3. The van der Waals surface area contributed by atoms with E-state index in [9.17, 15) is 0 Å². The Morgan fingerprint density at radius 2 is 1.46 bits per heavy atom. The molecule has 3 aromatic carbocycles. The van der Waals surface area contributed by atoms with Crippen LogP contribution in [0.5, 0.6) is 0 Å². The maximum Gasteiger partial charge on any atom is 0.0889 e. The molecule has 3 rings (SSSR count). The third-order valence-corrected chi connectivity index (χ3v) is 4.53. The predicted molar refractivity (Wildman–Crippen MR) is 110 cm³/mol. The third-order valence-electron chi connectivity index (χ3n) is 4.53. The molecule has 26 heavy (non-hydrogen) atoms.